The van der Waals surface area contributed by atoms with E-state index in [1.54, 1.807) is 25.3 Å². The molecule has 2 rings (SSSR count). The Labute approximate surface area is 145 Å². The molecule has 0 atom stereocenters. The van der Waals surface area contributed by atoms with E-state index < -0.39 is 5.91 Å². The molecule has 0 aliphatic heterocycles. The van der Waals surface area contributed by atoms with Gasteiger partial charge in [-0.25, -0.2) is 0 Å². The number of halogens is 1. The maximum atomic E-state index is 12.3. The van der Waals surface area contributed by atoms with Gasteiger partial charge in [0.1, 0.15) is 5.69 Å². The molecule has 2 aromatic rings. The summed E-state index contributed by atoms with van der Waals surface area (Å²) in [4.78, 5) is 28.4. The topological polar surface area (TPSA) is 80.3 Å². The van der Waals surface area contributed by atoms with E-state index in [2.05, 4.69) is 15.6 Å². The second-order valence-corrected chi connectivity index (χ2v) is 5.53. The Morgan fingerprint density at radius 2 is 2.00 bits per heavy atom. The summed E-state index contributed by atoms with van der Waals surface area (Å²) in [6.07, 6.45) is 1.42. The minimum Gasteiger partial charge on any atom is -0.383 e. The molecule has 0 saturated carbocycles. The molecule has 0 aliphatic carbocycles. The molecule has 7 heteroatoms. The third-order valence-corrected chi connectivity index (χ3v) is 3.53. The highest BCUT2D eigenvalue weighted by molar-refractivity contribution is 6.31. The Balaban J connectivity index is 2.11. The number of benzene rings is 1. The summed E-state index contributed by atoms with van der Waals surface area (Å²) in [7, 11) is 1.55. The maximum absolute atomic E-state index is 12.3. The van der Waals surface area contributed by atoms with Crippen molar-refractivity contribution in [3.8, 4) is 0 Å². The Morgan fingerprint density at radius 3 is 2.75 bits per heavy atom. The largest absolute Gasteiger partial charge is 0.383 e. The number of hydrogen-bond donors (Lipinski definition) is 2. The Hall–Kier alpha value is -2.44. The fourth-order valence-electron chi connectivity index (χ4n) is 1.98. The fraction of sp³-hybridized carbons (Fsp3) is 0.235. The van der Waals surface area contributed by atoms with Crippen molar-refractivity contribution in [3.63, 3.8) is 0 Å². The van der Waals surface area contributed by atoms with Crippen LogP contribution in [0.2, 0.25) is 5.02 Å². The molecule has 0 unspecified atom stereocenters. The van der Waals surface area contributed by atoms with Crippen LogP contribution in [0.5, 0.6) is 0 Å². The van der Waals surface area contributed by atoms with Gasteiger partial charge < -0.3 is 15.4 Å². The van der Waals surface area contributed by atoms with Crippen LogP contribution in [0, 0.1) is 6.92 Å². The van der Waals surface area contributed by atoms with Crippen molar-refractivity contribution in [2.45, 2.75) is 6.92 Å². The number of carbonyl (C=O) groups is 2. The van der Waals surface area contributed by atoms with Crippen LogP contribution in [0.1, 0.15) is 26.4 Å². The lowest BCUT2D eigenvalue weighted by Crippen LogP contribution is -2.27. The van der Waals surface area contributed by atoms with Crippen LogP contribution < -0.4 is 10.6 Å². The smallest absolute Gasteiger partial charge is 0.274 e. The number of nitrogens with zero attached hydrogens (tertiary/aromatic N) is 1. The predicted octanol–water partition coefficient (Wildman–Crippen LogP) is 2.67. The van der Waals surface area contributed by atoms with E-state index in [0.717, 1.165) is 5.56 Å². The molecular formula is C17H18ClN3O3. The van der Waals surface area contributed by atoms with Crippen molar-refractivity contribution < 1.29 is 14.3 Å². The van der Waals surface area contributed by atoms with Crippen LogP contribution in [0.3, 0.4) is 0 Å². The maximum Gasteiger partial charge on any atom is 0.274 e. The number of aryl methyl sites for hydroxylation is 1. The summed E-state index contributed by atoms with van der Waals surface area (Å²) in [6.45, 7) is 2.66. The molecule has 0 radical (unpaired) electrons. The summed E-state index contributed by atoms with van der Waals surface area (Å²) in [5.74, 6) is -0.700. The summed E-state index contributed by atoms with van der Waals surface area (Å²) in [5.41, 5.74) is 1.98. The fourth-order valence-corrected chi connectivity index (χ4v) is 2.15. The second-order valence-electron chi connectivity index (χ2n) is 5.09. The van der Waals surface area contributed by atoms with Crippen LogP contribution in [0.15, 0.2) is 36.5 Å². The predicted molar refractivity (Wildman–Crippen MR) is 92.6 cm³/mol. The number of carbonyl (C=O) groups excluding carboxylic acids is 2. The highest BCUT2D eigenvalue weighted by atomic mass is 35.5. The van der Waals surface area contributed by atoms with Crippen LogP contribution in [-0.4, -0.2) is 37.1 Å². The van der Waals surface area contributed by atoms with Gasteiger partial charge in [0, 0.05) is 36.1 Å². The zero-order valence-electron chi connectivity index (χ0n) is 13.4. The summed E-state index contributed by atoms with van der Waals surface area (Å²) in [5, 5.41) is 5.96. The van der Waals surface area contributed by atoms with Crippen LogP contribution in [-0.2, 0) is 4.74 Å². The molecule has 0 spiro atoms. The number of hydrogen-bond acceptors (Lipinski definition) is 4. The first-order valence-electron chi connectivity index (χ1n) is 7.32. The Bertz CT molecular complexity index is 750. The third-order valence-electron chi connectivity index (χ3n) is 3.29. The van der Waals surface area contributed by atoms with E-state index in [-0.39, 0.29) is 11.6 Å². The van der Waals surface area contributed by atoms with E-state index >= 15 is 0 Å². The first kappa shape index (κ1) is 17.9. The van der Waals surface area contributed by atoms with Crippen molar-refractivity contribution in [3.05, 3.63) is 58.4 Å². The minimum atomic E-state index is -0.410. The summed E-state index contributed by atoms with van der Waals surface area (Å²) in [6, 6.07) is 8.21. The minimum absolute atomic E-state index is 0.147. The van der Waals surface area contributed by atoms with Crippen molar-refractivity contribution >= 4 is 29.1 Å². The van der Waals surface area contributed by atoms with E-state index in [9.17, 15) is 9.59 Å². The number of aromatic nitrogens is 1. The molecule has 0 fully saturated rings. The van der Waals surface area contributed by atoms with Gasteiger partial charge in [0.25, 0.3) is 11.8 Å². The monoisotopic (exact) mass is 347 g/mol. The van der Waals surface area contributed by atoms with Crippen molar-refractivity contribution in [1.82, 2.24) is 10.3 Å². The third kappa shape index (κ3) is 4.78. The number of amides is 2. The van der Waals surface area contributed by atoms with Crippen molar-refractivity contribution in [1.29, 1.82) is 0 Å². The van der Waals surface area contributed by atoms with Crippen molar-refractivity contribution in [2.24, 2.45) is 0 Å². The van der Waals surface area contributed by atoms with Gasteiger partial charge in [-0.15, -0.1) is 0 Å². The molecule has 2 N–H and O–H groups in total. The molecule has 24 heavy (non-hydrogen) atoms. The molecule has 126 valence electrons. The summed E-state index contributed by atoms with van der Waals surface area (Å²) < 4.78 is 4.88. The quantitative estimate of drug-likeness (QED) is 0.787. The first-order chi connectivity index (χ1) is 11.5. The Morgan fingerprint density at radius 1 is 1.21 bits per heavy atom. The van der Waals surface area contributed by atoms with Crippen LogP contribution in [0.25, 0.3) is 0 Å². The lowest BCUT2D eigenvalue weighted by Gasteiger charge is -2.09. The normalized spacial score (nSPS) is 10.3. The molecule has 0 aliphatic rings. The molecule has 6 nitrogen and oxygen atoms in total. The molecule has 1 aromatic heterocycles. The van der Waals surface area contributed by atoms with E-state index in [4.69, 9.17) is 16.3 Å². The second kappa shape index (κ2) is 8.42. The van der Waals surface area contributed by atoms with Gasteiger partial charge in [0.2, 0.25) is 0 Å². The van der Waals surface area contributed by atoms with E-state index in [1.807, 2.05) is 13.0 Å². The number of ether oxygens (including phenoxy) is 1. The number of rotatable bonds is 6. The zero-order valence-corrected chi connectivity index (χ0v) is 14.2. The van der Waals surface area contributed by atoms with Crippen molar-refractivity contribution in [2.75, 3.05) is 25.6 Å². The highest BCUT2D eigenvalue weighted by Crippen LogP contribution is 2.20. The first-order valence-corrected chi connectivity index (χ1v) is 7.69. The van der Waals surface area contributed by atoms with Gasteiger partial charge >= 0.3 is 0 Å². The van der Waals surface area contributed by atoms with Gasteiger partial charge in [0.15, 0.2) is 0 Å². The number of pyridine rings is 1. The van der Waals surface area contributed by atoms with E-state index in [1.165, 1.54) is 12.3 Å². The van der Waals surface area contributed by atoms with E-state index in [0.29, 0.717) is 29.4 Å². The van der Waals surface area contributed by atoms with Gasteiger partial charge in [0.05, 0.1) is 6.61 Å². The molecular weight excluding hydrogens is 330 g/mol. The lowest BCUT2D eigenvalue weighted by atomic mass is 10.2. The van der Waals surface area contributed by atoms with Crippen LogP contribution in [0.4, 0.5) is 5.69 Å². The van der Waals surface area contributed by atoms with Gasteiger partial charge in [-0.3, -0.25) is 14.6 Å². The Kier molecular flexibility index (Phi) is 6.28. The number of methoxy groups -OCH3 is 1. The molecule has 1 aromatic carbocycles. The lowest BCUT2D eigenvalue weighted by molar-refractivity contribution is 0.0937. The average molecular weight is 348 g/mol. The number of nitrogens with one attached hydrogen (secondary N) is 2. The van der Waals surface area contributed by atoms with Gasteiger partial charge in [-0.05, 0) is 36.8 Å². The standard InChI is InChI=1S/C17H18ClN3O3/c1-11-3-4-13(18)10-14(11)21-17(23)15-9-12(5-6-19-15)16(22)20-7-8-24-2/h3-6,9-10H,7-8H2,1-2H3,(H,20,22)(H,21,23). The SMILES string of the molecule is COCCNC(=O)c1ccnc(C(=O)Nc2cc(Cl)ccc2C)c1. The summed E-state index contributed by atoms with van der Waals surface area (Å²) >= 11 is 5.94. The van der Waals surface area contributed by atoms with Crippen LogP contribution >= 0.6 is 11.6 Å². The molecule has 1 heterocycles. The average Bonchev–Trinajstić information content (AvgIpc) is 2.58. The van der Waals surface area contributed by atoms with Gasteiger partial charge in [-0.1, -0.05) is 17.7 Å². The van der Waals surface area contributed by atoms with Gasteiger partial charge in [-0.2, -0.15) is 0 Å². The molecule has 2 amide bonds. The highest BCUT2D eigenvalue weighted by Gasteiger charge is 2.13. The molecule has 0 saturated heterocycles. The molecule has 0 bridgehead atoms. The zero-order chi connectivity index (χ0) is 17.5. The number of anilines is 1.